The van der Waals surface area contributed by atoms with Crippen molar-refractivity contribution in [3.63, 3.8) is 0 Å². The molecule has 1 aliphatic heterocycles. The Morgan fingerprint density at radius 2 is 2.24 bits per heavy atom. The van der Waals surface area contributed by atoms with Crippen LogP contribution < -0.4 is 5.14 Å². The number of nitrogens with zero attached hydrogens (tertiary/aromatic N) is 1. The SMILES string of the molecule is CC(CN1CC(CS(N)(=O)=O)CC1=O)C(=O)O. The Morgan fingerprint density at radius 3 is 2.71 bits per heavy atom. The van der Waals surface area contributed by atoms with Crippen molar-refractivity contribution in [3.8, 4) is 0 Å². The molecule has 0 aliphatic carbocycles. The van der Waals surface area contributed by atoms with Crippen LogP contribution in [0.1, 0.15) is 13.3 Å². The number of hydrogen-bond acceptors (Lipinski definition) is 4. The number of aliphatic carboxylic acids is 1. The number of carbonyl (C=O) groups is 2. The zero-order valence-corrected chi connectivity index (χ0v) is 10.3. The summed E-state index contributed by atoms with van der Waals surface area (Å²) in [6.45, 7) is 1.87. The Kier molecular flexibility index (Phi) is 4.10. The lowest BCUT2D eigenvalue weighted by Crippen LogP contribution is -2.33. The number of carboxylic acid groups (broad SMARTS) is 1. The molecule has 0 radical (unpaired) electrons. The number of primary sulfonamides is 1. The normalized spacial score (nSPS) is 22.8. The maximum absolute atomic E-state index is 11.5. The van der Waals surface area contributed by atoms with Crippen LogP contribution in [0.5, 0.6) is 0 Å². The van der Waals surface area contributed by atoms with Gasteiger partial charge in [-0.2, -0.15) is 0 Å². The number of sulfonamides is 1. The predicted molar refractivity (Wildman–Crippen MR) is 59.5 cm³/mol. The van der Waals surface area contributed by atoms with Gasteiger partial charge in [0.15, 0.2) is 0 Å². The summed E-state index contributed by atoms with van der Waals surface area (Å²) in [5, 5.41) is 13.6. The third kappa shape index (κ3) is 4.31. The van der Waals surface area contributed by atoms with Crippen molar-refractivity contribution in [1.29, 1.82) is 0 Å². The van der Waals surface area contributed by atoms with Gasteiger partial charge < -0.3 is 10.0 Å². The van der Waals surface area contributed by atoms with E-state index in [9.17, 15) is 18.0 Å². The summed E-state index contributed by atoms with van der Waals surface area (Å²) >= 11 is 0. The fourth-order valence-electron chi connectivity index (χ4n) is 1.88. The smallest absolute Gasteiger partial charge is 0.308 e. The molecular formula is C9H16N2O5S. The van der Waals surface area contributed by atoms with Gasteiger partial charge in [-0.3, -0.25) is 9.59 Å². The van der Waals surface area contributed by atoms with Crippen LogP contribution in [0.2, 0.25) is 0 Å². The molecule has 1 rings (SSSR count). The highest BCUT2D eigenvalue weighted by molar-refractivity contribution is 7.89. The van der Waals surface area contributed by atoms with Gasteiger partial charge in [0.1, 0.15) is 0 Å². The van der Waals surface area contributed by atoms with Gasteiger partial charge in [-0.1, -0.05) is 6.92 Å². The summed E-state index contributed by atoms with van der Waals surface area (Å²) in [4.78, 5) is 23.6. The van der Waals surface area contributed by atoms with Crippen molar-refractivity contribution >= 4 is 21.9 Å². The highest BCUT2D eigenvalue weighted by Gasteiger charge is 2.33. The Labute approximate surface area is 99.6 Å². The fraction of sp³-hybridized carbons (Fsp3) is 0.778. The van der Waals surface area contributed by atoms with E-state index < -0.39 is 21.9 Å². The second-order valence-corrected chi connectivity index (χ2v) is 6.10. The standard InChI is InChI=1S/C9H16N2O5S/c1-6(9(13)14)3-11-4-7(2-8(11)12)5-17(10,15)16/h6-7H,2-5H2,1H3,(H,13,14)(H2,10,15,16). The largest absolute Gasteiger partial charge is 0.481 e. The summed E-state index contributed by atoms with van der Waals surface area (Å²) in [6.07, 6.45) is 0.114. The van der Waals surface area contributed by atoms with Crippen LogP contribution in [-0.2, 0) is 19.6 Å². The molecular weight excluding hydrogens is 248 g/mol. The lowest BCUT2D eigenvalue weighted by molar-refractivity contribution is -0.142. The molecule has 1 heterocycles. The lowest BCUT2D eigenvalue weighted by atomic mass is 10.1. The Morgan fingerprint density at radius 1 is 1.65 bits per heavy atom. The average Bonchev–Trinajstić information content (AvgIpc) is 2.43. The van der Waals surface area contributed by atoms with E-state index in [2.05, 4.69) is 0 Å². The minimum absolute atomic E-state index is 0.106. The fourth-order valence-corrected chi connectivity index (χ4v) is 2.76. The van der Waals surface area contributed by atoms with Gasteiger partial charge in [0.2, 0.25) is 15.9 Å². The molecule has 2 unspecified atom stereocenters. The van der Waals surface area contributed by atoms with E-state index in [1.165, 1.54) is 11.8 Å². The van der Waals surface area contributed by atoms with Crippen LogP contribution in [0.25, 0.3) is 0 Å². The molecule has 2 atom stereocenters. The zero-order chi connectivity index (χ0) is 13.2. The van der Waals surface area contributed by atoms with Gasteiger partial charge in [0.25, 0.3) is 0 Å². The van der Waals surface area contributed by atoms with E-state index >= 15 is 0 Å². The van der Waals surface area contributed by atoms with Crippen LogP contribution in [0.4, 0.5) is 0 Å². The molecule has 17 heavy (non-hydrogen) atoms. The van der Waals surface area contributed by atoms with Crippen molar-refractivity contribution in [2.24, 2.45) is 17.0 Å². The molecule has 0 spiro atoms. The summed E-state index contributed by atoms with van der Waals surface area (Å²) in [7, 11) is -3.59. The maximum atomic E-state index is 11.5. The number of carboxylic acids is 1. The summed E-state index contributed by atoms with van der Waals surface area (Å²) in [5.74, 6) is -2.43. The summed E-state index contributed by atoms with van der Waals surface area (Å²) in [5.41, 5.74) is 0. The molecule has 8 heteroatoms. The van der Waals surface area contributed by atoms with Crippen LogP contribution in [0.3, 0.4) is 0 Å². The molecule has 0 aromatic rings. The highest BCUT2D eigenvalue weighted by Crippen LogP contribution is 2.20. The van der Waals surface area contributed by atoms with E-state index in [0.29, 0.717) is 0 Å². The van der Waals surface area contributed by atoms with Gasteiger partial charge in [0, 0.05) is 25.4 Å². The van der Waals surface area contributed by atoms with Crippen LogP contribution in [-0.4, -0.2) is 49.1 Å². The van der Waals surface area contributed by atoms with E-state index in [4.69, 9.17) is 10.2 Å². The quantitative estimate of drug-likeness (QED) is 0.649. The first-order chi connectivity index (χ1) is 7.69. The van der Waals surface area contributed by atoms with Gasteiger partial charge in [-0.15, -0.1) is 0 Å². The first-order valence-electron chi connectivity index (χ1n) is 5.20. The predicted octanol–water partition coefficient (Wildman–Crippen LogP) is -1.16. The van der Waals surface area contributed by atoms with Gasteiger partial charge in [-0.25, -0.2) is 13.6 Å². The lowest BCUT2D eigenvalue weighted by Gasteiger charge is -2.18. The van der Waals surface area contributed by atoms with Gasteiger partial charge >= 0.3 is 5.97 Å². The molecule has 0 bridgehead atoms. The van der Waals surface area contributed by atoms with Crippen LogP contribution >= 0.6 is 0 Å². The molecule has 98 valence electrons. The molecule has 0 aromatic carbocycles. The molecule has 1 aliphatic rings. The second-order valence-electron chi connectivity index (χ2n) is 4.44. The first-order valence-corrected chi connectivity index (χ1v) is 6.91. The molecule has 3 N–H and O–H groups in total. The zero-order valence-electron chi connectivity index (χ0n) is 9.50. The Balaban J connectivity index is 2.56. The average molecular weight is 264 g/mol. The van der Waals surface area contributed by atoms with Gasteiger partial charge in [0.05, 0.1) is 11.7 Å². The first kappa shape index (κ1) is 13.9. The highest BCUT2D eigenvalue weighted by atomic mass is 32.2. The van der Waals surface area contributed by atoms with Crippen molar-refractivity contribution in [2.45, 2.75) is 13.3 Å². The molecule has 1 saturated heterocycles. The summed E-state index contributed by atoms with van der Waals surface area (Å²) < 4.78 is 21.8. The molecule has 1 amide bonds. The maximum Gasteiger partial charge on any atom is 0.308 e. The minimum atomic E-state index is -3.59. The van der Waals surface area contributed by atoms with Crippen molar-refractivity contribution in [3.05, 3.63) is 0 Å². The molecule has 1 fully saturated rings. The van der Waals surface area contributed by atoms with Crippen LogP contribution in [0, 0.1) is 11.8 Å². The third-order valence-corrected chi connectivity index (χ3v) is 3.61. The van der Waals surface area contributed by atoms with Crippen LogP contribution in [0.15, 0.2) is 0 Å². The Bertz CT molecular complexity index is 419. The Hall–Kier alpha value is -1.15. The number of amides is 1. The molecule has 0 saturated carbocycles. The monoisotopic (exact) mass is 264 g/mol. The number of likely N-dealkylation sites (tertiary alicyclic amines) is 1. The number of nitrogens with two attached hydrogens (primary N) is 1. The summed E-state index contributed by atoms with van der Waals surface area (Å²) in [6, 6.07) is 0. The van der Waals surface area contributed by atoms with Crippen molar-refractivity contribution in [2.75, 3.05) is 18.8 Å². The number of carbonyl (C=O) groups excluding carboxylic acids is 1. The number of rotatable bonds is 5. The van der Waals surface area contributed by atoms with E-state index in [0.717, 1.165) is 0 Å². The van der Waals surface area contributed by atoms with Gasteiger partial charge in [-0.05, 0) is 0 Å². The second kappa shape index (κ2) is 5.01. The molecule has 7 nitrogen and oxygen atoms in total. The number of hydrogen-bond donors (Lipinski definition) is 2. The van der Waals surface area contributed by atoms with Crippen molar-refractivity contribution in [1.82, 2.24) is 4.90 Å². The molecule has 0 aromatic heterocycles. The minimum Gasteiger partial charge on any atom is -0.481 e. The van der Waals surface area contributed by atoms with E-state index in [1.807, 2.05) is 0 Å². The topological polar surface area (TPSA) is 118 Å². The van der Waals surface area contributed by atoms with E-state index in [-0.39, 0.29) is 37.1 Å². The van der Waals surface area contributed by atoms with E-state index in [1.54, 1.807) is 0 Å². The van der Waals surface area contributed by atoms with Crippen molar-refractivity contribution < 1.29 is 23.1 Å². The third-order valence-electron chi connectivity index (χ3n) is 2.68.